The van der Waals surface area contributed by atoms with E-state index in [2.05, 4.69) is 28.8 Å². The van der Waals surface area contributed by atoms with Gasteiger partial charge in [0.05, 0.1) is 28.9 Å². The zero-order chi connectivity index (χ0) is 20.6. The average Bonchev–Trinajstić information content (AvgIpc) is 3.43. The molecule has 0 saturated carbocycles. The Labute approximate surface area is 176 Å². The Morgan fingerprint density at radius 1 is 1.00 bits per heavy atom. The number of anilines is 2. The highest BCUT2D eigenvalue weighted by Crippen LogP contribution is 2.27. The van der Waals surface area contributed by atoms with Gasteiger partial charge in [0.25, 0.3) is 10.0 Å². The Balaban J connectivity index is 1.53. The maximum absolute atomic E-state index is 13.2. The van der Waals surface area contributed by atoms with Crippen LogP contribution in [0.1, 0.15) is 12.8 Å². The van der Waals surface area contributed by atoms with Gasteiger partial charge in [0.1, 0.15) is 15.9 Å². The second-order valence-corrected chi connectivity index (χ2v) is 9.10. The Hall–Kier alpha value is -2.89. The highest BCUT2D eigenvalue weighted by Gasteiger charge is 2.23. The Kier molecular flexibility index (Phi) is 4.93. The van der Waals surface area contributed by atoms with Gasteiger partial charge < -0.3 is 10.1 Å². The molecule has 1 fully saturated rings. The normalized spacial score (nSPS) is 16.9. The molecule has 0 spiro atoms. The van der Waals surface area contributed by atoms with Gasteiger partial charge in [-0.05, 0) is 37.1 Å². The molecule has 11 heteroatoms. The number of para-hydroxylation sites is 2. The van der Waals surface area contributed by atoms with Gasteiger partial charge in [-0.15, -0.1) is 0 Å². The van der Waals surface area contributed by atoms with E-state index in [0.717, 1.165) is 31.2 Å². The molecular formula is C19H18N6O3S2. The van der Waals surface area contributed by atoms with E-state index in [1.807, 2.05) is 18.2 Å². The maximum atomic E-state index is 13.2. The Morgan fingerprint density at radius 2 is 1.77 bits per heavy atom. The van der Waals surface area contributed by atoms with Crippen molar-refractivity contribution in [2.45, 2.75) is 23.8 Å². The molecule has 30 heavy (non-hydrogen) atoms. The van der Waals surface area contributed by atoms with Crippen molar-refractivity contribution >= 4 is 55.5 Å². The third-order valence-electron chi connectivity index (χ3n) is 4.86. The van der Waals surface area contributed by atoms with Crippen LogP contribution in [0.3, 0.4) is 0 Å². The lowest BCUT2D eigenvalue weighted by Gasteiger charge is -2.16. The molecule has 0 amide bonds. The van der Waals surface area contributed by atoms with E-state index < -0.39 is 10.0 Å². The minimum atomic E-state index is -3.96. The zero-order valence-corrected chi connectivity index (χ0v) is 17.4. The van der Waals surface area contributed by atoms with E-state index in [1.165, 1.54) is 6.07 Å². The summed E-state index contributed by atoms with van der Waals surface area (Å²) in [5.41, 5.74) is 2.12. The first kappa shape index (κ1) is 19.1. The van der Waals surface area contributed by atoms with E-state index in [0.29, 0.717) is 34.4 Å². The maximum Gasteiger partial charge on any atom is 0.265 e. The lowest BCUT2D eigenvalue weighted by molar-refractivity contribution is 0.120. The molecule has 2 N–H and O–H groups in total. The molecule has 1 aliphatic rings. The van der Waals surface area contributed by atoms with Crippen LogP contribution in [-0.4, -0.2) is 46.4 Å². The summed E-state index contributed by atoms with van der Waals surface area (Å²) >= 11 is 0.970. The number of rotatable bonds is 6. The SMILES string of the molecule is O=S(=O)(Nc1nc2ccccc2nc1NCC1CCCO1)c1cccc2nsnc12. The van der Waals surface area contributed by atoms with Gasteiger partial charge in [0.15, 0.2) is 11.6 Å². The summed E-state index contributed by atoms with van der Waals surface area (Å²) in [5.74, 6) is 0.489. The Bertz CT molecular complexity index is 1320. The highest BCUT2D eigenvalue weighted by molar-refractivity contribution is 7.93. The minimum Gasteiger partial charge on any atom is -0.376 e. The van der Waals surface area contributed by atoms with Gasteiger partial charge >= 0.3 is 0 Å². The van der Waals surface area contributed by atoms with E-state index in [-0.39, 0.29) is 16.8 Å². The number of nitrogens with zero attached hydrogens (tertiary/aromatic N) is 4. The molecular weight excluding hydrogens is 424 g/mol. The third-order valence-corrected chi connectivity index (χ3v) is 6.77. The van der Waals surface area contributed by atoms with Crippen LogP contribution < -0.4 is 10.0 Å². The molecule has 9 nitrogen and oxygen atoms in total. The predicted octanol–water partition coefficient (Wildman–Crippen LogP) is 3.03. The number of ether oxygens (including phenoxy) is 1. The van der Waals surface area contributed by atoms with Gasteiger partial charge in [-0.1, -0.05) is 18.2 Å². The van der Waals surface area contributed by atoms with Crippen LogP contribution >= 0.6 is 11.7 Å². The van der Waals surface area contributed by atoms with Crippen molar-refractivity contribution in [2.24, 2.45) is 0 Å². The van der Waals surface area contributed by atoms with E-state index in [1.54, 1.807) is 18.2 Å². The van der Waals surface area contributed by atoms with Crippen molar-refractivity contribution in [1.82, 2.24) is 18.7 Å². The molecule has 0 aliphatic carbocycles. The van der Waals surface area contributed by atoms with Crippen molar-refractivity contribution < 1.29 is 13.2 Å². The van der Waals surface area contributed by atoms with Gasteiger partial charge in [-0.3, -0.25) is 4.72 Å². The molecule has 3 heterocycles. The van der Waals surface area contributed by atoms with Crippen molar-refractivity contribution in [3.05, 3.63) is 42.5 Å². The summed E-state index contributed by atoms with van der Waals surface area (Å²) < 4.78 is 42.8. The fraction of sp³-hybridized carbons (Fsp3) is 0.263. The molecule has 4 aromatic rings. The summed E-state index contributed by atoms with van der Waals surface area (Å²) in [5, 5.41) is 3.20. The van der Waals surface area contributed by atoms with Gasteiger partial charge in [0.2, 0.25) is 0 Å². The quantitative estimate of drug-likeness (QED) is 0.468. The fourth-order valence-electron chi connectivity index (χ4n) is 3.39. The number of hydrogen-bond donors (Lipinski definition) is 2. The van der Waals surface area contributed by atoms with Crippen LogP contribution in [0.25, 0.3) is 22.1 Å². The summed E-state index contributed by atoms with van der Waals surface area (Å²) in [6, 6.07) is 12.2. The number of sulfonamides is 1. The molecule has 1 aliphatic heterocycles. The van der Waals surface area contributed by atoms with Crippen molar-refractivity contribution in [3.8, 4) is 0 Å². The van der Waals surface area contributed by atoms with Crippen LogP contribution in [0.2, 0.25) is 0 Å². The van der Waals surface area contributed by atoms with Crippen LogP contribution in [0.5, 0.6) is 0 Å². The largest absolute Gasteiger partial charge is 0.376 e. The molecule has 0 bridgehead atoms. The first-order chi connectivity index (χ1) is 14.6. The molecule has 154 valence electrons. The summed E-state index contributed by atoms with van der Waals surface area (Å²) in [6.45, 7) is 1.26. The first-order valence-electron chi connectivity index (χ1n) is 9.46. The number of hydrogen-bond acceptors (Lipinski definition) is 9. The Morgan fingerprint density at radius 3 is 2.53 bits per heavy atom. The average molecular weight is 443 g/mol. The molecule has 2 aromatic carbocycles. The minimum absolute atomic E-state index is 0.0498. The van der Waals surface area contributed by atoms with Crippen molar-refractivity contribution in [2.75, 3.05) is 23.2 Å². The van der Waals surface area contributed by atoms with E-state index >= 15 is 0 Å². The number of fused-ring (bicyclic) bond motifs is 2. The van der Waals surface area contributed by atoms with Gasteiger partial charge in [0, 0.05) is 13.2 Å². The molecule has 0 radical (unpaired) electrons. The monoisotopic (exact) mass is 442 g/mol. The molecule has 5 rings (SSSR count). The topological polar surface area (TPSA) is 119 Å². The lowest BCUT2D eigenvalue weighted by Crippen LogP contribution is -2.21. The fourth-order valence-corrected chi connectivity index (χ4v) is 5.17. The van der Waals surface area contributed by atoms with Crippen molar-refractivity contribution in [3.63, 3.8) is 0 Å². The molecule has 1 unspecified atom stereocenters. The number of aromatic nitrogens is 4. The van der Waals surface area contributed by atoms with Crippen molar-refractivity contribution in [1.29, 1.82) is 0 Å². The second kappa shape index (κ2) is 7.74. The number of nitrogens with one attached hydrogen (secondary N) is 2. The zero-order valence-electron chi connectivity index (χ0n) is 15.8. The van der Waals surface area contributed by atoms with Gasteiger partial charge in [-0.25, -0.2) is 18.4 Å². The smallest absolute Gasteiger partial charge is 0.265 e. The first-order valence-corrected chi connectivity index (χ1v) is 11.7. The summed E-state index contributed by atoms with van der Waals surface area (Å²) in [4.78, 5) is 9.14. The lowest BCUT2D eigenvalue weighted by atomic mass is 10.2. The molecule has 1 saturated heterocycles. The predicted molar refractivity (Wildman–Crippen MR) is 115 cm³/mol. The summed E-state index contributed by atoms with van der Waals surface area (Å²) in [7, 11) is -3.96. The standard InChI is InChI=1S/C19H18N6O3S2/c26-30(27,16-9-3-8-15-17(16)24-29-23-15)25-19-18(20-11-12-5-4-10-28-12)21-13-6-1-2-7-14(13)22-19/h1-3,6-9,12H,4-5,10-11H2,(H,20,21)(H,22,25). The van der Waals surface area contributed by atoms with Crippen LogP contribution in [-0.2, 0) is 14.8 Å². The second-order valence-electron chi connectivity index (χ2n) is 6.92. The van der Waals surface area contributed by atoms with Crippen LogP contribution in [0.4, 0.5) is 11.6 Å². The molecule has 1 atom stereocenters. The summed E-state index contributed by atoms with van der Waals surface area (Å²) in [6.07, 6.45) is 2.03. The van der Waals surface area contributed by atoms with Crippen LogP contribution in [0, 0.1) is 0 Å². The highest BCUT2D eigenvalue weighted by atomic mass is 32.2. The molecule has 2 aromatic heterocycles. The van der Waals surface area contributed by atoms with Gasteiger partial charge in [-0.2, -0.15) is 8.75 Å². The van der Waals surface area contributed by atoms with E-state index in [9.17, 15) is 8.42 Å². The third kappa shape index (κ3) is 3.66. The van der Waals surface area contributed by atoms with E-state index in [4.69, 9.17) is 4.74 Å². The van der Waals surface area contributed by atoms with Crippen LogP contribution in [0.15, 0.2) is 47.4 Å². The number of benzene rings is 2.